The lowest BCUT2D eigenvalue weighted by molar-refractivity contribution is 0.0364. The number of hydrogen-bond acceptors (Lipinski definition) is 8. The lowest BCUT2D eigenvalue weighted by atomic mass is 10.1. The summed E-state index contributed by atoms with van der Waals surface area (Å²) in [6.45, 7) is 5.19. The molecule has 0 saturated carbocycles. The van der Waals surface area contributed by atoms with Gasteiger partial charge in [-0.1, -0.05) is 18.2 Å². The number of nitrogens with zero attached hydrogens (tertiary/aromatic N) is 8. The molecule has 3 amide bonds. The summed E-state index contributed by atoms with van der Waals surface area (Å²) in [7, 11) is 2.06. The van der Waals surface area contributed by atoms with Gasteiger partial charge in [-0.05, 0) is 43.4 Å². The smallest absolute Gasteiger partial charge is 0.350 e. The van der Waals surface area contributed by atoms with Crippen LogP contribution in [0.5, 0.6) is 0 Å². The van der Waals surface area contributed by atoms with E-state index in [2.05, 4.69) is 26.9 Å². The maximum atomic E-state index is 14.2. The Kier molecular flexibility index (Phi) is 7.64. The molecule has 1 aromatic heterocycles. The van der Waals surface area contributed by atoms with Crippen molar-refractivity contribution >= 4 is 29.3 Å². The quantitative estimate of drug-likeness (QED) is 0.524. The molecular weight excluding hydrogens is 472 g/mol. The largest absolute Gasteiger partial charge is 0.379 e. The highest BCUT2D eigenvalue weighted by Crippen LogP contribution is 2.28. The van der Waals surface area contributed by atoms with Crippen LogP contribution in [-0.2, 0) is 4.74 Å². The number of hydrazine groups is 1. The van der Waals surface area contributed by atoms with E-state index in [0.29, 0.717) is 56.3 Å². The molecule has 0 radical (unpaired) electrons. The average Bonchev–Trinajstić information content (AvgIpc) is 2.95. The van der Waals surface area contributed by atoms with Crippen molar-refractivity contribution in [3.8, 4) is 0 Å². The molecule has 2 aromatic carbocycles. The van der Waals surface area contributed by atoms with Crippen LogP contribution in [0, 0.1) is 0 Å². The first-order valence-electron chi connectivity index (χ1n) is 12.3. The zero-order valence-corrected chi connectivity index (χ0v) is 20.8. The number of rotatable bonds is 5. The van der Waals surface area contributed by atoms with E-state index in [-0.39, 0.29) is 17.9 Å². The third-order valence-electron chi connectivity index (χ3n) is 6.49. The number of carbonyl (C=O) groups is 2. The van der Waals surface area contributed by atoms with E-state index in [1.165, 1.54) is 17.6 Å². The Hall–Kier alpha value is -3.93. The summed E-state index contributed by atoms with van der Waals surface area (Å²) < 4.78 is 5.54. The Balaban J connectivity index is 1.47. The van der Waals surface area contributed by atoms with E-state index in [1.807, 2.05) is 52.4 Å². The number of anilines is 3. The van der Waals surface area contributed by atoms with Crippen LogP contribution >= 0.6 is 0 Å². The molecule has 2 aliphatic heterocycles. The van der Waals surface area contributed by atoms with Crippen LogP contribution in [0.25, 0.3) is 0 Å². The highest BCUT2D eigenvalue weighted by molar-refractivity contribution is 6.07. The first-order chi connectivity index (χ1) is 18.1. The third-order valence-corrected chi connectivity index (χ3v) is 6.49. The van der Waals surface area contributed by atoms with Gasteiger partial charge in [0.25, 0.3) is 5.91 Å². The lowest BCUT2D eigenvalue weighted by Gasteiger charge is -2.39. The van der Waals surface area contributed by atoms with Crippen molar-refractivity contribution in [2.45, 2.75) is 0 Å². The maximum Gasteiger partial charge on any atom is 0.350 e. The monoisotopic (exact) mass is 502 g/mol. The molecule has 3 aromatic rings. The first kappa shape index (κ1) is 24.8. The van der Waals surface area contributed by atoms with Crippen molar-refractivity contribution in [3.05, 3.63) is 72.8 Å². The summed E-state index contributed by atoms with van der Waals surface area (Å²) in [5.74, 6) is 0.214. The van der Waals surface area contributed by atoms with E-state index in [9.17, 15) is 9.59 Å². The second-order valence-electron chi connectivity index (χ2n) is 8.91. The minimum Gasteiger partial charge on any atom is -0.379 e. The van der Waals surface area contributed by atoms with Crippen molar-refractivity contribution in [2.24, 2.45) is 0 Å². The van der Waals surface area contributed by atoms with Crippen molar-refractivity contribution in [1.82, 2.24) is 29.8 Å². The SMILES string of the molecule is CN1CCN(C(=O)c2ccc(N(C(=O)N(c3ccccc3)c3ncncn3)N3CCOCC3)cc2)CC1. The summed E-state index contributed by atoms with van der Waals surface area (Å²) in [4.78, 5) is 45.3. The van der Waals surface area contributed by atoms with Crippen LogP contribution in [0.2, 0.25) is 0 Å². The zero-order valence-electron chi connectivity index (χ0n) is 20.8. The molecule has 2 aliphatic rings. The van der Waals surface area contributed by atoms with Crippen LogP contribution in [0.15, 0.2) is 67.3 Å². The molecular formula is C26H30N8O3. The summed E-state index contributed by atoms with van der Waals surface area (Å²) >= 11 is 0. The molecule has 3 heterocycles. The first-order valence-corrected chi connectivity index (χ1v) is 12.3. The number of hydrogen-bond donors (Lipinski definition) is 0. The van der Waals surface area contributed by atoms with Gasteiger partial charge < -0.3 is 14.5 Å². The molecule has 192 valence electrons. The Morgan fingerprint density at radius 3 is 2.11 bits per heavy atom. The summed E-state index contributed by atoms with van der Waals surface area (Å²) in [5.41, 5.74) is 1.86. The van der Waals surface area contributed by atoms with Gasteiger partial charge in [0, 0.05) is 44.8 Å². The van der Waals surface area contributed by atoms with E-state index >= 15 is 0 Å². The summed E-state index contributed by atoms with van der Waals surface area (Å²) in [6.07, 6.45) is 2.73. The normalized spacial score (nSPS) is 16.8. The second kappa shape index (κ2) is 11.4. The van der Waals surface area contributed by atoms with Crippen LogP contribution in [0.3, 0.4) is 0 Å². The van der Waals surface area contributed by atoms with Gasteiger partial charge in [0.15, 0.2) is 0 Å². The van der Waals surface area contributed by atoms with Crippen molar-refractivity contribution in [3.63, 3.8) is 0 Å². The minimum atomic E-state index is -0.350. The standard InChI is InChI=1S/C26H30N8O3/c1-30-11-13-31(14-12-30)24(35)21-7-9-23(10-8-21)34(32-15-17-37-18-16-32)26(36)33(22-5-3-2-4-6-22)25-28-19-27-20-29-25/h2-10,19-20H,11-18H2,1H3. The molecule has 11 heteroatoms. The number of piperazine rings is 1. The molecule has 0 spiro atoms. The Morgan fingerprint density at radius 1 is 0.811 bits per heavy atom. The number of likely N-dealkylation sites (N-methyl/N-ethyl adjacent to an activating group) is 1. The average molecular weight is 503 g/mol. The Morgan fingerprint density at radius 2 is 1.46 bits per heavy atom. The van der Waals surface area contributed by atoms with Crippen molar-refractivity contribution in [2.75, 3.05) is 69.4 Å². The van der Waals surface area contributed by atoms with Gasteiger partial charge in [-0.3, -0.25) is 4.79 Å². The van der Waals surface area contributed by atoms with E-state index in [0.717, 1.165) is 13.1 Å². The predicted molar refractivity (Wildman–Crippen MR) is 139 cm³/mol. The molecule has 2 saturated heterocycles. The molecule has 0 N–H and O–H groups in total. The molecule has 0 unspecified atom stereocenters. The number of carbonyl (C=O) groups excluding carboxylic acids is 2. The van der Waals surface area contributed by atoms with Crippen LogP contribution in [-0.4, -0.2) is 101 Å². The van der Waals surface area contributed by atoms with E-state index in [1.54, 1.807) is 17.1 Å². The minimum absolute atomic E-state index is 0.00000307. The molecule has 0 atom stereocenters. The Labute approximate surface area is 215 Å². The van der Waals surface area contributed by atoms with Crippen molar-refractivity contribution < 1.29 is 14.3 Å². The Bertz CT molecular complexity index is 1140. The van der Waals surface area contributed by atoms with Gasteiger partial charge in [-0.15, -0.1) is 0 Å². The van der Waals surface area contributed by atoms with E-state index in [4.69, 9.17) is 4.74 Å². The molecule has 0 bridgehead atoms. The van der Waals surface area contributed by atoms with Crippen LogP contribution < -0.4 is 9.91 Å². The summed E-state index contributed by atoms with van der Waals surface area (Å²) in [6, 6.07) is 16.1. The van der Waals surface area contributed by atoms with Crippen LogP contribution in [0.1, 0.15) is 10.4 Å². The van der Waals surface area contributed by atoms with Gasteiger partial charge in [0.2, 0.25) is 5.95 Å². The number of ether oxygens (including phenoxy) is 1. The maximum absolute atomic E-state index is 14.2. The highest BCUT2D eigenvalue weighted by atomic mass is 16.5. The number of morpholine rings is 1. The fourth-order valence-electron chi connectivity index (χ4n) is 4.42. The molecule has 11 nitrogen and oxygen atoms in total. The predicted octanol–water partition coefficient (Wildman–Crippen LogP) is 2.27. The third kappa shape index (κ3) is 5.58. The number of benzene rings is 2. The second-order valence-corrected chi connectivity index (χ2v) is 8.91. The summed E-state index contributed by atoms with van der Waals surface area (Å²) in [5, 5.41) is 3.56. The molecule has 37 heavy (non-hydrogen) atoms. The van der Waals surface area contributed by atoms with Gasteiger partial charge in [0.1, 0.15) is 12.7 Å². The van der Waals surface area contributed by atoms with Crippen molar-refractivity contribution in [1.29, 1.82) is 0 Å². The van der Waals surface area contributed by atoms with Gasteiger partial charge in [-0.25, -0.2) is 34.7 Å². The van der Waals surface area contributed by atoms with Gasteiger partial charge >= 0.3 is 6.03 Å². The zero-order chi connectivity index (χ0) is 25.6. The van der Waals surface area contributed by atoms with Gasteiger partial charge in [-0.2, -0.15) is 0 Å². The lowest BCUT2D eigenvalue weighted by Crippen LogP contribution is -2.55. The topological polar surface area (TPSA) is 98.2 Å². The number of amides is 3. The molecule has 5 rings (SSSR count). The fraction of sp³-hybridized carbons (Fsp3) is 0.346. The molecule has 2 fully saturated rings. The number of aromatic nitrogens is 3. The number of urea groups is 1. The van der Waals surface area contributed by atoms with E-state index < -0.39 is 0 Å². The van der Waals surface area contributed by atoms with Gasteiger partial charge in [0.05, 0.1) is 24.6 Å². The van der Waals surface area contributed by atoms with Crippen LogP contribution in [0.4, 0.5) is 22.1 Å². The fourth-order valence-corrected chi connectivity index (χ4v) is 4.42. The molecule has 0 aliphatic carbocycles. The highest BCUT2D eigenvalue weighted by Gasteiger charge is 2.32. The number of para-hydroxylation sites is 1.